The normalized spacial score (nSPS) is 16.8. The molecule has 0 atom stereocenters. The SMILES string of the molecule is CC(=O)OCCN1CS/C(=C\c2cc(C(C)(C)C)c(O)c(C(C)(C)C)c2)C1=O. The molecule has 1 saturated heterocycles. The van der Waals surface area contributed by atoms with Crippen LogP contribution in [-0.2, 0) is 25.2 Å². The molecule has 2 rings (SSSR count). The summed E-state index contributed by atoms with van der Waals surface area (Å²) in [4.78, 5) is 25.9. The predicted octanol–water partition coefficient (Wildman–Crippen LogP) is 4.42. The second-order valence-electron chi connectivity index (χ2n) is 9.16. The molecule has 1 fully saturated rings. The molecule has 1 aromatic rings. The van der Waals surface area contributed by atoms with Gasteiger partial charge in [-0.05, 0) is 34.6 Å². The summed E-state index contributed by atoms with van der Waals surface area (Å²) in [7, 11) is 0. The molecular formula is C22H31NO4S. The summed E-state index contributed by atoms with van der Waals surface area (Å²) in [6, 6.07) is 3.93. The van der Waals surface area contributed by atoms with Crippen LogP contribution in [0.3, 0.4) is 0 Å². The van der Waals surface area contributed by atoms with Crippen molar-refractivity contribution in [3.63, 3.8) is 0 Å². The number of carbonyl (C=O) groups excluding carboxylic acids is 2. The van der Waals surface area contributed by atoms with Gasteiger partial charge in [0.2, 0.25) is 0 Å². The molecule has 5 nitrogen and oxygen atoms in total. The van der Waals surface area contributed by atoms with E-state index in [1.807, 2.05) is 18.2 Å². The molecule has 1 N–H and O–H groups in total. The number of phenolic OH excluding ortho intramolecular Hbond substituents is 1. The Bertz CT molecular complexity index is 765. The second-order valence-corrected chi connectivity index (χ2v) is 10.1. The van der Waals surface area contributed by atoms with Crippen molar-refractivity contribution in [2.24, 2.45) is 0 Å². The molecule has 0 aliphatic carbocycles. The highest BCUT2D eigenvalue weighted by atomic mass is 32.2. The van der Waals surface area contributed by atoms with Gasteiger partial charge in [0, 0.05) is 18.1 Å². The largest absolute Gasteiger partial charge is 0.507 e. The van der Waals surface area contributed by atoms with Crippen molar-refractivity contribution in [1.29, 1.82) is 0 Å². The maximum Gasteiger partial charge on any atom is 0.302 e. The van der Waals surface area contributed by atoms with Gasteiger partial charge in [-0.25, -0.2) is 0 Å². The van der Waals surface area contributed by atoms with Crippen LogP contribution in [0.2, 0.25) is 0 Å². The Hall–Kier alpha value is -1.95. The first-order valence-electron chi connectivity index (χ1n) is 9.46. The molecule has 28 heavy (non-hydrogen) atoms. The fraction of sp³-hybridized carbons (Fsp3) is 0.545. The highest BCUT2D eigenvalue weighted by molar-refractivity contribution is 8.04. The van der Waals surface area contributed by atoms with Crippen molar-refractivity contribution in [1.82, 2.24) is 4.90 Å². The number of thioether (sulfide) groups is 1. The molecular weight excluding hydrogens is 374 g/mol. The van der Waals surface area contributed by atoms with Gasteiger partial charge in [-0.15, -0.1) is 0 Å². The standard InChI is InChI=1S/C22H31NO4S/c1-14(24)27-9-8-23-13-28-18(20(23)26)12-15-10-16(21(2,3)4)19(25)17(11-15)22(5,6)7/h10-12,25H,8-9,13H2,1-7H3/b18-12-. The van der Waals surface area contributed by atoms with E-state index in [1.165, 1.54) is 18.7 Å². The lowest BCUT2D eigenvalue weighted by Crippen LogP contribution is -2.29. The highest BCUT2D eigenvalue weighted by Gasteiger charge is 2.29. The summed E-state index contributed by atoms with van der Waals surface area (Å²) >= 11 is 1.48. The van der Waals surface area contributed by atoms with E-state index in [1.54, 1.807) is 4.90 Å². The van der Waals surface area contributed by atoms with Gasteiger partial charge in [0.05, 0.1) is 17.3 Å². The molecule has 0 radical (unpaired) electrons. The van der Waals surface area contributed by atoms with Gasteiger partial charge in [-0.3, -0.25) is 9.59 Å². The Morgan fingerprint density at radius 2 is 1.71 bits per heavy atom. The number of carbonyl (C=O) groups is 2. The lowest BCUT2D eigenvalue weighted by Gasteiger charge is -2.28. The third-order valence-electron chi connectivity index (χ3n) is 4.59. The monoisotopic (exact) mass is 405 g/mol. The zero-order chi connectivity index (χ0) is 21.3. The highest BCUT2D eigenvalue weighted by Crippen LogP contribution is 2.41. The number of ether oxygens (including phenoxy) is 1. The topological polar surface area (TPSA) is 66.8 Å². The first-order chi connectivity index (χ1) is 12.8. The maximum absolute atomic E-state index is 12.7. The van der Waals surface area contributed by atoms with Crippen LogP contribution in [0.5, 0.6) is 5.75 Å². The predicted molar refractivity (Wildman–Crippen MR) is 114 cm³/mol. The lowest BCUT2D eigenvalue weighted by atomic mass is 9.78. The van der Waals surface area contributed by atoms with E-state index in [4.69, 9.17) is 4.74 Å². The number of benzene rings is 1. The van der Waals surface area contributed by atoms with Crippen LogP contribution in [0.1, 0.15) is 65.2 Å². The maximum atomic E-state index is 12.7. The van der Waals surface area contributed by atoms with E-state index in [9.17, 15) is 14.7 Å². The summed E-state index contributed by atoms with van der Waals surface area (Å²) in [6.07, 6.45) is 1.89. The third kappa shape index (κ3) is 5.31. The van der Waals surface area contributed by atoms with Crippen LogP contribution in [-0.4, -0.2) is 40.9 Å². The number of rotatable bonds is 4. The first-order valence-corrected chi connectivity index (χ1v) is 10.4. The summed E-state index contributed by atoms with van der Waals surface area (Å²) in [5, 5.41) is 10.8. The number of hydrogen-bond acceptors (Lipinski definition) is 5. The molecule has 1 aromatic carbocycles. The molecule has 0 bridgehead atoms. The molecule has 154 valence electrons. The lowest BCUT2D eigenvalue weighted by molar-refractivity contribution is -0.142. The summed E-state index contributed by atoms with van der Waals surface area (Å²) < 4.78 is 4.94. The van der Waals surface area contributed by atoms with E-state index >= 15 is 0 Å². The molecule has 1 heterocycles. The van der Waals surface area contributed by atoms with E-state index in [2.05, 4.69) is 41.5 Å². The summed E-state index contributed by atoms with van der Waals surface area (Å²) in [5.41, 5.74) is 2.21. The Kier molecular flexibility index (Phi) is 6.54. The molecule has 0 spiro atoms. The minimum Gasteiger partial charge on any atom is -0.507 e. The molecule has 1 aliphatic rings. The number of aromatic hydroxyl groups is 1. The summed E-state index contributed by atoms with van der Waals surface area (Å²) in [6.45, 7) is 14.4. The average Bonchev–Trinajstić information content (AvgIpc) is 2.87. The molecule has 1 aliphatic heterocycles. The third-order valence-corrected chi connectivity index (χ3v) is 5.63. The Balaban J connectivity index is 2.35. The van der Waals surface area contributed by atoms with Gasteiger partial charge < -0.3 is 14.7 Å². The van der Waals surface area contributed by atoms with E-state index in [-0.39, 0.29) is 29.3 Å². The van der Waals surface area contributed by atoms with Gasteiger partial charge in [-0.1, -0.05) is 53.3 Å². The van der Waals surface area contributed by atoms with Crippen molar-refractivity contribution < 1.29 is 19.4 Å². The van der Waals surface area contributed by atoms with Crippen molar-refractivity contribution in [3.05, 3.63) is 33.7 Å². The Morgan fingerprint density at radius 3 is 2.18 bits per heavy atom. The quantitative estimate of drug-likeness (QED) is 0.593. The molecule has 0 aromatic heterocycles. The molecule has 1 amide bonds. The van der Waals surface area contributed by atoms with Crippen LogP contribution < -0.4 is 0 Å². The van der Waals surface area contributed by atoms with Crippen LogP contribution >= 0.6 is 11.8 Å². The van der Waals surface area contributed by atoms with Crippen LogP contribution in [0.25, 0.3) is 6.08 Å². The van der Waals surface area contributed by atoms with E-state index in [0.29, 0.717) is 23.1 Å². The first kappa shape index (κ1) is 22.3. The number of nitrogens with zero attached hydrogens (tertiary/aromatic N) is 1. The molecule has 6 heteroatoms. The van der Waals surface area contributed by atoms with Gasteiger partial charge in [0.25, 0.3) is 5.91 Å². The fourth-order valence-electron chi connectivity index (χ4n) is 3.03. The van der Waals surface area contributed by atoms with Crippen molar-refractivity contribution in [2.75, 3.05) is 19.0 Å². The van der Waals surface area contributed by atoms with Gasteiger partial charge in [0.15, 0.2) is 0 Å². The van der Waals surface area contributed by atoms with Gasteiger partial charge in [0.1, 0.15) is 12.4 Å². The van der Waals surface area contributed by atoms with Gasteiger partial charge in [-0.2, -0.15) is 0 Å². The van der Waals surface area contributed by atoms with Crippen LogP contribution in [0.15, 0.2) is 17.0 Å². The number of esters is 1. The van der Waals surface area contributed by atoms with Gasteiger partial charge >= 0.3 is 5.97 Å². The number of phenols is 1. The molecule has 0 saturated carbocycles. The van der Waals surface area contributed by atoms with Crippen LogP contribution in [0, 0.1) is 0 Å². The van der Waals surface area contributed by atoms with E-state index < -0.39 is 0 Å². The minimum absolute atomic E-state index is 0.0557. The van der Waals surface area contributed by atoms with Crippen molar-refractivity contribution in [3.8, 4) is 5.75 Å². The Morgan fingerprint density at radius 1 is 1.18 bits per heavy atom. The number of amides is 1. The number of hydrogen-bond donors (Lipinski definition) is 1. The van der Waals surface area contributed by atoms with Crippen molar-refractivity contribution in [2.45, 2.75) is 59.3 Å². The molecule has 0 unspecified atom stereocenters. The zero-order valence-corrected chi connectivity index (χ0v) is 18.7. The minimum atomic E-state index is -0.344. The average molecular weight is 406 g/mol. The Labute approximate surface area is 172 Å². The van der Waals surface area contributed by atoms with Crippen LogP contribution in [0.4, 0.5) is 0 Å². The van der Waals surface area contributed by atoms with E-state index in [0.717, 1.165) is 16.7 Å². The smallest absolute Gasteiger partial charge is 0.302 e. The fourth-order valence-corrected chi connectivity index (χ4v) is 4.04. The van der Waals surface area contributed by atoms with Crippen molar-refractivity contribution >= 4 is 29.7 Å². The summed E-state index contributed by atoms with van der Waals surface area (Å²) in [5.74, 6) is 0.474. The second kappa shape index (κ2) is 8.19. The zero-order valence-electron chi connectivity index (χ0n) is 17.9.